The van der Waals surface area contributed by atoms with Gasteiger partial charge in [0.05, 0.1) is 6.44 Å². The maximum absolute atomic E-state index is 10.4. The monoisotopic (exact) mass is 157 g/mol. The Kier molecular flexibility index (Phi) is 2.25. The first kappa shape index (κ1) is 7.78. The van der Waals surface area contributed by atoms with Crippen LogP contribution in [0.1, 0.15) is 6.92 Å². The predicted molar refractivity (Wildman–Crippen MR) is 37.3 cm³/mol. The molecule has 0 aromatic carbocycles. The van der Waals surface area contributed by atoms with E-state index in [-0.39, 0.29) is 18.3 Å². The molecule has 0 aromatic heterocycles. The van der Waals surface area contributed by atoms with E-state index in [9.17, 15) is 4.79 Å². The molecule has 0 saturated heterocycles. The first-order chi connectivity index (χ1) is 5.18. The smallest absolute Gasteiger partial charge is 0.525 e. The zero-order valence-electron chi connectivity index (χ0n) is 6.03. The van der Waals surface area contributed by atoms with Gasteiger partial charge in [-0.3, -0.25) is 4.79 Å². The molecule has 60 valence electrons. The van der Waals surface area contributed by atoms with Crippen molar-refractivity contribution in [1.82, 2.24) is 5.32 Å². The third kappa shape index (κ3) is 2.41. The average Bonchev–Trinajstić information content (AvgIpc) is 2.31. The standard InChI is InChI=1S/C5H8BNO4/c1-4(8)7-3-6-10-2-5(9)11-6/h2,9H,3H2,1H3,(H,7,8). The highest BCUT2D eigenvalue weighted by Crippen LogP contribution is 2.06. The first-order valence-electron chi connectivity index (χ1n) is 3.14. The summed E-state index contributed by atoms with van der Waals surface area (Å²) >= 11 is 0. The van der Waals surface area contributed by atoms with Gasteiger partial charge in [0.2, 0.25) is 5.91 Å². The highest BCUT2D eigenvalue weighted by molar-refractivity contribution is 6.46. The highest BCUT2D eigenvalue weighted by atomic mass is 16.7. The van der Waals surface area contributed by atoms with E-state index < -0.39 is 7.12 Å². The largest absolute Gasteiger partial charge is 0.617 e. The number of nitrogens with one attached hydrogen (secondary N) is 1. The molecular weight excluding hydrogens is 149 g/mol. The molecule has 0 spiro atoms. The summed E-state index contributed by atoms with van der Waals surface area (Å²) in [7, 11) is -0.598. The van der Waals surface area contributed by atoms with Crippen molar-refractivity contribution in [2.24, 2.45) is 0 Å². The Morgan fingerprint density at radius 3 is 3.09 bits per heavy atom. The van der Waals surface area contributed by atoms with Crippen molar-refractivity contribution in [2.45, 2.75) is 6.92 Å². The molecule has 2 N–H and O–H groups in total. The van der Waals surface area contributed by atoms with E-state index in [1.807, 2.05) is 0 Å². The fourth-order valence-electron chi connectivity index (χ4n) is 0.641. The summed E-state index contributed by atoms with van der Waals surface area (Å²) in [5.41, 5.74) is 0. The molecule has 6 heteroatoms. The van der Waals surface area contributed by atoms with Crippen LogP contribution in [-0.2, 0) is 14.1 Å². The molecule has 0 saturated carbocycles. The van der Waals surface area contributed by atoms with Crippen LogP contribution in [0.3, 0.4) is 0 Å². The lowest BCUT2D eigenvalue weighted by Gasteiger charge is -2.04. The second-order valence-corrected chi connectivity index (χ2v) is 2.08. The zero-order chi connectivity index (χ0) is 8.27. The van der Waals surface area contributed by atoms with Crippen LogP contribution >= 0.6 is 0 Å². The summed E-state index contributed by atoms with van der Waals surface area (Å²) in [6.45, 7) is 1.39. The zero-order valence-corrected chi connectivity index (χ0v) is 6.03. The molecule has 0 unspecified atom stereocenters. The minimum Gasteiger partial charge on any atom is -0.525 e. The van der Waals surface area contributed by atoms with Gasteiger partial charge < -0.3 is 19.7 Å². The lowest BCUT2D eigenvalue weighted by molar-refractivity contribution is -0.118. The van der Waals surface area contributed by atoms with Gasteiger partial charge in [0, 0.05) is 6.92 Å². The normalized spacial score (nSPS) is 15.0. The topological polar surface area (TPSA) is 67.8 Å². The first-order valence-corrected chi connectivity index (χ1v) is 3.14. The Hall–Kier alpha value is -1.33. The van der Waals surface area contributed by atoms with Crippen molar-refractivity contribution in [3.05, 3.63) is 12.2 Å². The molecule has 1 rings (SSSR count). The summed E-state index contributed by atoms with van der Waals surface area (Å²) in [6.07, 6.45) is 1.32. The molecule has 0 atom stereocenters. The van der Waals surface area contributed by atoms with Crippen LogP contribution in [0.15, 0.2) is 12.2 Å². The second-order valence-electron chi connectivity index (χ2n) is 2.08. The fraction of sp³-hybridized carbons (Fsp3) is 0.400. The van der Waals surface area contributed by atoms with E-state index in [1.54, 1.807) is 0 Å². The third-order valence-electron chi connectivity index (χ3n) is 1.09. The number of amides is 1. The molecule has 0 aliphatic carbocycles. The molecule has 1 amide bonds. The molecule has 5 nitrogen and oxygen atoms in total. The maximum atomic E-state index is 10.4. The molecule has 0 aromatic rings. The van der Waals surface area contributed by atoms with Gasteiger partial charge in [-0.25, -0.2) is 0 Å². The Bertz CT molecular complexity index is 193. The SMILES string of the molecule is CC(=O)NCB1OC=C(O)O1. The summed E-state index contributed by atoms with van der Waals surface area (Å²) in [4.78, 5) is 10.4. The molecule has 1 aliphatic rings. The van der Waals surface area contributed by atoms with E-state index >= 15 is 0 Å². The van der Waals surface area contributed by atoms with Crippen LogP contribution in [0.4, 0.5) is 0 Å². The molecular formula is C5H8BNO4. The van der Waals surface area contributed by atoms with Crippen LogP contribution in [0, 0.1) is 0 Å². The molecule has 1 aliphatic heterocycles. The Labute approximate surface area is 64.1 Å². The van der Waals surface area contributed by atoms with Crippen LogP contribution in [0.25, 0.3) is 0 Å². The Balaban J connectivity index is 2.16. The number of hydrogen-bond donors (Lipinski definition) is 2. The quantitative estimate of drug-likeness (QED) is 0.532. The lowest BCUT2D eigenvalue weighted by Crippen LogP contribution is -2.34. The minimum absolute atomic E-state index is 0.163. The van der Waals surface area contributed by atoms with Crippen LogP contribution < -0.4 is 5.32 Å². The van der Waals surface area contributed by atoms with Crippen LogP contribution in [0.2, 0.25) is 0 Å². The molecule has 0 radical (unpaired) electrons. The number of rotatable bonds is 2. The van der Waals surface area contributed by atoms with Crippen LogP contribution in [-0.4, -0.2) is 24.6 Å². The van der Waals surface area contributed by atoms with Crippen molar-refractivity contribution >= 4 is 13.0 Å². The Morgan fingerprint density at radius 1 is 1.91 bits per heavy atom. The highest BCUT2D eigenvalue weighted by Gasteiger charge is 2.28. The third-order valence-corrected chi connectivity index (χ3v) is 1.09. The van der Waals surface area contributed by atoms with E-state index in [4.69, 9.17) is 14.4 Å². The number of carbonyl (C=O) groups excluding carboxylic acids is 1. The number of hydrogen-bond acceptors (Lipinski definition) is 4. The van der Waals surface area contributed by atoms with Gasteiger partial charge in [-0.15, -0.1) is 0 Å². The van der Waals surface area contributed by atoms with Gasteiger partial charge in [-0.1, -0.05) is 0 Å². The summed E-state index contributed by atoms with van der Waals surface area (Å²) < 4.78 is 9.46. The second kappa shape index (κ2) is 3.18. The fourth-order valence-corrected chi connectivity index (χ4v) is 0.641. The van der Waals surface area contributed by atoms with E-state index in [0.717, 1.165) is 6.26 Å². The molecule has 1 heterocycles. The van der Waals surface area contributed by atoms with Gasteiger partial charge >= 0.3 is 7.12 Å². The van der Waals surface area contributed by atoms with E-state index in [1.165, 1.54) is 6.92 Å². The summed E-state index contributed by atoms with van der Waals surface area (Å²) in [5, 5.41) is 11.1. The molecule has 11 heavy (non-hydrogen) atoms. The molecule has 0 fully saturated rings. The van der Waals surface area contributed by atoms with E-state index in [2.05, 4.69) is 5.32 Å². The van der Waals surface area contributed by atoms with Gasteiger partial charge in [0.25, 0.3) is 5.95 Å². The average molecular weight is 157 g/mol. The van der Waals surface area contributed by atoms with Gasteiger partial charge in [0.1, 0.15) is 6.26 Å². The van der Waals surface area contributed by atoms with Crippen molar-refractivity contribution in [3.8, 4) is 0 Å². The number of aliphatic hydroxyl groups excluding tert-OH is 1. The van der Waals surface area contributed by atoms with Crippen molar-refractivity contribution in [3.63, 3.8) is 0 Å². The lowest BCUT2D eigenvalue weighted by atomic mass is 9.91. The van der Waals surface area contributed by atoms with Gasteiger partial charge in [-0.2, -0.15) is 0 Å². The van der Waals surface area contributed by atoms with Gasteiger partial charge in [-0.05, 0) is 0 Å². The number of carbonyl (C=O) groups is 1. The van der Waals surface area contributed by atoms with Crippen molar-refractivity contribution in [2.75, 3.05) is 6.44 Å². The minimum atomic E-state index is -0.598. The molecule has 0 bridgehead atoms. The maximum Gasteiger partial charge on any atom is 0.617 e. The number of aliphatic hydroxyl groups is 1. The van der Waals surface area contributed by atoms with Crippen molar-refractivity contribution in [1.29, 1.82) is 0 Å². The summed E-state index contributed by atoms with van der Waals surface area (Å²) in [6, 6.07) is 0. The predicted octanol–water partition coefficient (Wildman–Crippen LogP) is -0.446. The van der Waals surface area contributed by atoms with Crippen molar-refractivity contribution < 1.29 is 19.2 Å². The van der Waals surface area contributed by atoms with Gasteiger partial charge in [0.15, 0.2) is 0 Å². The van der Waals surface area contributed by atoms with Crippen LogP contribution in [0.5, 0.6) is 0 Å². The summed E-state index contributed by atoms with van der Waals surface area (Å²) in [5.74, 6) is -0.427. The Morgan fingerprint density at radius 2 is 2.64 bits per heavy atom. The van der Waals surface area contributed by atoms with E-state index in [0.29, 0.717) is 0 Å².